The average Bonchev–Trinajstić information content (AvgIpc) is 2.75. The van der Waals surface area contributed by atoms with Gasteiger partial charge in [-0.1, -0.05) is 19.3 Å². The summed E-state index contributed by atoms with van der Waals surface area (Å²) < 4.78 is 1.82. The summed E-state index contributed by atoms with van der Waals surface area (Å²) in [4.78, 5) is 16.1. The quantitative estimate of drug-likeness (QED) is 0.861. The maximum Gasteiger partial charge on any atom is 0.169 e. The molecule has 1 aliphatic carbocycles. The number of Topliss-reactive ketones (excluding diaryl/α,β-unsaturated/α-hetero) is 1. The molecule has 0 spiro atoms. The zero-order valence-corrected chi connectivity index (χ0v) is 10.3. The standard InChI is InChI=1S/C13H20N2O2/c1-15-8-7-14-12(15)9-11(16)13(17)10-5-3-2-4-6-10/h7-8,10,13,17H,2-6,9H2,1H3. The number of aromatic nitrogens is 2. The van der Waals surface area contributed by atoms with Gasteiger partial charge in [-0.2, -0.15) is 0 Å². The van der Waals surface area contributed by atoms with Crippen LogP contribution in [0.1, 0.15) is 37.9 Å². The van der Waals surface area contributed by atoms with Crippen LogP contribution in [-0.4, -0.2) is 26.5 Å². The number of carbonyl (C=O) groups is 1. The first kappa shape index (κ1) is 12.3. The van der Waals surface area contributed by atoms with E-state index in [4.69, 9.17) is 0 Å². The molecule has 1 atom stereocenters. The smallest absolute Gasteiger partial charge is 0.169 e. The number of carbonyl (C=O) groups excluding carboxylic acids is 1. The zero-order chi connectivity index (χ0) is 12.3. The van der Waals surface area contributed by atoms with E-state index in [0.717, 1.165) is 31.5 Å². The number of aliphatic hydroxyl groups is 1. The molecule has 0 radical (unpaired) electrons. The van der Waals surface area contributed by atoms with Gasteiger partial charge in [0.2, 0.25) is 0 Å². The molecule has 17 heavy (non-hydrogen) atoms. The molecule has 0 amide bonds. The first-order valence-corrected chi connectivity index (χ1v) is 6.35. The lowest BCUT2D eigenvalue weighted by Crippen LogP contribution is -2.32. The summed E-state index contributed by atoms with van der Waals surface area (Å²) in [7, 11) is 1.86. The molecule has 1 fully saturated rings. The van der Waals surface area contributed by atoms with Gasteiger partial charge in [-0.15, -0.1) is 0 Å². The monoisotopic (exact) mass is 236 g/mol. The first-order valence-electron chi connectivity index (χ1n) is 6.35. The Hall–Kier alpha value is -1.16. The summed E-state index contributed by atoms with van der Waals surface area (Å²) in [6.45, 7) is 0. The van der Waals surface area contributed by atoms with Crippen LogP contribution in [0.4, 0.5) is 0 Å². The van der Waals surface area contributed by atoms with Gasteiger partial charge in [0.05, 0.1) is 6.42 Å². The Bertz CT molecular complexity index is 381. The van der Waals surface area contributed by atoms with E-state index in [2.05, 4.69) is 4.98 Å². The van der Waals surface area contributed by atoms with Crippen molar-refractivity contribution in [2.75, 3.05) is 0 Å². The molecule has 2 rings (SSSR count). The second kappa shape index (κ2) is 5.45. The van der Waals surface area contributed by atoms with Gasteiger partial charge in [0.1, 0.15) is 11.9 Å². The normalized spacial score (nSPS) is 19.2. The van der Waals surface area contributed by atoms with Crippen LogP contribution in [0.25, 0.3) is 0 Å². The van der Waals surface area contributed by atoms with Crippen LogP contribution in [0.2, 0.25) is 0 Å². The Kier molecular flexibility index (Phi) is 3.94. The summed E-state index contributed by atoms with van der Waals surface area (Å²) in [5.41, 5.74) is 0. The maximum absolute atomic E-state index is 12.0. The number of aliphatic hydroxyl groups excluding tert-OH is 1. The number of imidazole rings is 1. The Morgan fingerprint density at radius 3 is 2.82 bits per heavy atom. The topological polar surface area (TPSA) is 55.1 Å². The number of hydrogen-bond acceptors (Lipinski definition) is 3. The highest BCUT2D eigenvalue weighted by Crippen LogP contribution is 2.27. The van der Waals surface area contributed by atoms with Crippen LogP contribution in [-0.2, 0) is 18.3 Å². The summed E-state index contributed by atoms with van der Waals surface area (Å²) in [6.07, 6.45) is 8.39. The molecule has 1 aromatic heterocycles. The van der Waals surface area contributed by atoms with Gasteiger partial charge >= 0.3 is 0 Å². The average molecular weight is 236 g/mol. The molecule has 1 unspecified atom stereocenters. The molecule has 0 bridgehead atoms. The highest BCUT2D eigenvalue weighted by molar-refractivity contribution is 5.84. The molecule has 94 valence electrons. The number of aryl methyl sites for hydroxylation is 1. The fourth-order valence-electron chi connectivity index (χ4n) is 2.54. The van der Waals surface area contributed by atoms with Crippen LogP contribution in [0.3, 0.4) is 0 Å². The van der Waals surface area contributed by atoms with Gasteiger partial charge < -0.3 is 9.67 Å². The minimum Gasteiger partial charge on any atom is -0.385 e. The summed E-state index contributed by atoms with van der Waals surface area (Å²) in [5.74, 6) is 0.799. The fourth-order valence-corrected chi connectivity index (χ4v) is 2.54. The van der Waals surface area contributed by atoms with Crippen molar-refractivity contribution in [1.82, 2.24) is 9.55 Å². The van der Waals surface area contributed by atoms with Crippen molar-refractivity contribution in [1.29, 1.82) is 0 Å². The second-order valence-corrected chi connectivity index (χ2v) is 4.94. The van der Waals surface area contributed by atoms with Crippen LogP contribution >= 0.6 is 0 Å². The molecule has 0 saturated heterocycles. The first-order chi connectivity index (χ1) is 8.18. The van der Waals surface area contributed by atoms with Crippen LogP contribution in [0, 0.1) is 5.92 Å². The Morgan fingerprint density at radius 2 is 2.24 bits per heavy atom. The lowest BCUT2D eigenvalue weighted by Gasteiger charge is -2.25. The van der Waals surface area contributed by atoms with Crippen molar-refractivity contribution in [2.45, 2.75) is 44.6 Å². The highest BCUT2D eigenvalue weighted by atomic mass is 16.3. The maximum atomic E-state index is 12.0. The van der Waals surface area contributed by atoms with E-state index in [-0.39, 0.29) is 18.1 Å². The molecule has 1 aromatic rings. The molecule has 4 nitrogen and oxygen atoms in total. The van der Waals surface area contributed by atoms with E-state index in [1.165, 1.54) is 6.42 Å². The lowest BCUT2D eigenvalue weighted by atomic mass is 9.83. The SMILES string of the molecule is Cn1ccnc1CC(=O)C(O)C1CCCCC1. The van der Waals surface area contributed by atoms with Crippen molar-refractivity contribution in [2.24, 2.45) is 13.0 Å². The molecule has 0 aliphatic heterocycles. The van der Waals surface area contributed by atoms with Crippen molar-refractivity contribution in [3.8, 4) is 0 Å². The van der Waals surface area contributed by atoms with Crippen LogP contribution < -0.4 is 0 Å². The largest absolute Gasteiger partial charge is 0.385 e. The molecular weight excluding hydrogens is 216 g/mol. The molecule has 1 saturated carbocycles. The van der Waals surface area contributed by atoms with Gasteiger partial charge in [0.25, 0.3) is 0 Å². The Labute approximate surface area is 102 Å². The third-order valence-corrected chi connectivity index (χ3v) is 3.68. The van der Waals surface area contributed by atoms with Gasteiger partial charge in [0.15, 0.2) is 5.78 Å². The van der Waals surface area contributed by atoms with E-state index in [0.29, 0.717) is 0 Å². The van der Waals surface area contributed by atoms with Gasteiger partial charge in [-0.3, -0.25) is 4.79 Å². The van der Waals surface area contributed by atoms with E-state index in [1.54, 1.807) is 6.20 Å². The molecular formula is C13H20N2O2. The molecule has 1 heterocycles. The van der Waals surface area contributed by atoms with Crippen molar-refractivity contribution < 1.29 is 9.90 Å². The third-order valence-electron chi connectivity index (χ3n) is 3.68. The van der Waals surface area contributed by atoms with Gasteiger partial charge in [-0.25, -0.2) is 4.98 Å². The summed E-state index contributed by atoms with van der Waals surface area (Å²) in [6, 6.07) is 0. The van der Waals surface area contributed by atoms with Crippen molar-refractivity contribution in [3.05, 3.63) is 18.2 Å². The Morgan fingerprint density at radius 1 is 1.53 bits per heavy atom. The van der Waals surface area contributed by atoms with Gasteiger partial charge in [0, 0.05) is 19.4 Å². The van der Waals surface area contributed by atoms with E-state index in [1.807, 2.05) is 17.8 Å². The van der Waals surface area contributed by atoms with Crippen molar-refractivity contribution >= 4 is 5.78 Å². The number of ketones is 1. The third kappa shape index (κ3) is 2.94. The predicted octanol–water partition coefficient (Wildman–Crippen LogP) is 1.47. The fraction of sp³-hybridized carbons (Fsp3) is 0.692. The van der Waals surface area contributed by atoms with Crippen LogP contribution in [0.15, 0.2) is 12.4 Å². The summed E-state index contributed by atoms with van der Waals surface area (Å²) in [5, 5.41) is 10.0. The zero-order valence-electron chi connectivity index (χ0n) is 10.3. The molecule has 0 aromatic carbocycles. The number of hydrogen-bond donors (Lipinski definition) is 1. The number of nitrogens with zero attached hydrogens (tertiary/aromatic N) is 2. The van der Waals surface area contributed by atoms with Crippen molar-refractivity contribution in [3.63, 3.8) is 0 Å². The van der Waals surface area contributed by atoms with Crippen LogP contribution in [0.5, 0.6) is 0 Å². The number of rotatable bonds is 4. The van der Waals surface area contributed by atoms with Gasteiger partial charge in [-0.05, 0) is 18.8 Å². The Balaban J connectivity index is 1.93. The molecule has 1 N–H and O–H groups in total. The molecule has 1 aliphatic rings. The highest BCUT2D eigenvalue weighted by Gasteiger charge is 2.27. The summed E-state index contributed by atoms with van der Waals surface area (Å²) >= 11 is 0. The minimum absolute atomic E-state index is 0.0915. The van der Waals surface area contributed by atoms with E-state index in [9.17, 15) is 9.90 Å². The van der Waals surface area contributed by atoms with E-state index < -0.39 is 6.10 Å². The second-order valence-electron chi connectivity index (χ2n) is 4.94. The minimum atomic E-state index is -0.799. The lowest BCUT2D eigenvalue weighted by molar-refractivity contribution is -0.129. The van der Waals surface area contributed by atoms with E-state index >= 15 is 0 Å². The molecule has 4 heteroatoms. The predicted molar refractivity (Wildman–Crippen MR) is 64.5 cm³/mol.